The van der Waals surface area contributed by atoms with Crippen molar-refractivity contribution in [2.75, 3.05) is 6.61 Å². The first-order chi connectivity index (χ1) is 10.1. The highest BCUT2D eigenvalue weighted by Gasteiger charge is 2.57. The van der Waals surface area contributed by atoms with Crippen LogP contribution in [0, 0.1) is 5.41 Å². The number of carbonyl (C=O) groups excluding carboxylic acids is 2. The minimum absolute atomic E-state index is 0.0298. The van der Waals surface area contributed by atoms with Crippen LogP contribution in [0.3, 0.4) is 0 Å². The van der Waals surface area contributed by atoms with Crippen molar-refractivity contribution in [3.05, 3.63) is 0 Å². The first kappa shape index (κ1) is 15.0. The van der Waals surface area contributed by atoms with Gasteiger partial charge in [0, 0.05) is 6.42 Å². The van der Waals surface area contributed by atoms with E-state index in [1.165, 1.54) is 17.7 Å². The maximum Gasteiger partial charge on any atom is 0.236 e. The summed E-state index contributed by atoms with van der Waals surface area (Å²) in [4.78, 5) is 27.2. The van der Waals surface area contributed by atoms with Crippen LogP contribution in [-0.4, -0.2) is 34.0 Å². The van der Waals surface area contributed by atoms with Crippen molar-refractivity contribution in [1.82, 2.24) is 4.90 Å². The van der Waals surface area contributed by atoms with E-state index in [9.17, 15) is 14.7 Å². The molecule has 0 aromatic rings. The molecule has 1 N–H and O–H groups in total. The lowest BCUT2D eigenvalue weighted by Crippen LogP contribution is -2.56. The Kier molecular flexibility index (Phi) is 4.08. The van der Waals surface area contributed by atoms with E-state index in [-0.39, 0.29) is 18.4 Å². The maximum atomic E-state index is 13.1. The Hall–Kier alpha value is -0.900. The fraction of sp³-hybridized carbons (Fsp3) is 0.882. The van der Waals surface area contributed by atoms with Crippen molar-refractivity contribution in [1.29, 1.82) is 0 Å². The third-order valence-corrected chi connectivity index (χ3v) is 6.01. The van der Waals surface area contributed by atoms with Gasteiger partial charge >= 0.3 is 0 Å². The Morgan fingerprint density at radius 1 is 0.857 bits per heavy atom. The van der Waals surface area contributed by atoms with Gasteiger partial charge in [0.05, 0.1) is 17.6 Å². The van der Waals surface area contributed by atoms with E-state index in [0.29, 0.717) is 6.42 Å². The van der Waals surface area contributed by atoms with Crippen molar-refractivity contribution >= 4 is 11.8 Å². The number of aliphatic hydroxyl groups is 1. The average Bonchev–Trinajstić information content (AvgIpc) is 2.67. The summed E-state index contributed by atoms with van der Waals surface area (Å²) in [5.74, 6) is 0.00296. The molecule has 2 saturated carbocycles. The number of rotatable bonds is 2. The molecule has 0 atom stereocenters. The minimum atomic E-state index is -0.595. The van der Waals surface area contributed by atoms with Crippen LogP contribution in [-0.2, 0) is 9.59 Å². The van der Waals surface area contributed by atoms with Gasteiger partial charge in [-0.15, -0.1) is 0 Å². The first-order valence-corrected chi connectivity index (χ1v) is 8.62. The second-order valence-corrected chi connectivity index (χ2v) is 7.35. The van der Waals surface area contributed by atoms with E-state index in [2.05, 4.69) is 0 Å². The van der Waals surface area contributed by atoms with Crippen molar-refractivity contribution in [3.63, 3.8) is 0 Å². The van der Waals surface area contributed by atoms with Gasteiger partial charge in [0.1, 0.15) is 0 Å². The van der Waals surface area contributed by atoms with Crippen molar-refractivity contribution in [2.45, 2.75) is 82.6 Å². The number of amides is 2. The van der Waals surface area contributed by atoms with Crippen LogP contribution in [0.4, 0.5) is 0 Å². The monoisotopic (exact) mass is 293 g/mol. The number of nitrogens with zero attached hydrogens (tertiary/aromatic N) is 1. The molecule has 3 aliphatic rings. The second kappa shape index (κ2) is 5.71. The van der Waals surface area contributed by atoms with Crippen molar-refractivity contribution in [3.8, 4) is 0 Å². The van der Waals surface area contributed by atoms with Gasteiger partial charge in [-0.1, -0.05) is 44.9 Å². The molecule has 1 saturated heterocycles. The molecule has 0 aromatic heterocycles. The molecule has 0 radical (unpaired) electrons. The normalized spacial score (nSPS) is 28.9. The van der Waals surface area contributed by atoms with Crippen LogP contribution < -0.4 is 0 Å². The fourth-order valence-corrected chi connectivity index (χ4v) is 4.73. The predicted octanol–water partition coefficient (Wildman–Crippen LogP) is 2.78. The number of carbonyl (C=O) groups is 2. The molecule has 21 heavy (non-hydrogen) atoms. The largest absolute Gasteiger partial charge is 0.394 e. The summed E-state index contributed by atoms with van der Waals surface area (Å²) < 4.78 is 0. The number of aliphatic hydroxyl groups excluding tert-OH is 1. The lowest BCUT2D eigenvalue weighted by atomic mass is 9.77. The van der Waals surface area contributed by atoms with Crippen molar-refractivity contribution < 1.29 is 14.7 Å². The molecule has 3 rings (SSSR count). The minimum Gasteiger partial charge on any atom is -0.394 e. The summed E-state index contributed by atoms with van der Waals surface area (Å²) in [5.41, 5.74) is -1.03. The lowest BCUT2D eigenvalue weighted by Gasteiger charge is -2.43. The van der Waals surface area contributed by atoms with Gasteiger partial charge in [-0.2, -0.15) is 0 Å². The zero-order chi connectivity index (χ0) is 14.9. The second-order valence-electron chi connectivity index (χ2n) is 7.35. The highest BCUT2D eigenvalue weighted by molar-refractivity contribution is 6.06. The quantitative estimate of drug-likeness (QED) is 0.796. The molecule has 0 unspecified atom stereocenters. The van der Waals surface area contributed by atoms with Crippen LogP contribution >= 0.6 is 0 Å². The number of imide groups is 1. The summed E-state index contributed by atoms with van der Waals surface area (Å²) in [6, 6.07) is 0. The predicted molar refractivity (Wildman–Crippen MR) is 79.5 cm³/mol. The molecule has 3 fully saturated rings. The maximum absolute atomic E-state index is 13.1. The Morgan fingerprint density at radius 2 is 1.38 bits per heavy atom. The van der Waals surface area contributed by atoms with E-state index in [4.69, 9.17) is 0 Å². The highest BCUT2D eigenvalue weighted by atomic mass is 16.3. The Balaban J connectivity index is 1.89. The van der Waals surface area contributed by atoms with Gasteiger partial charge in [0.15, 0.2) is 0 Å². The average molecular weight is 293 g/mol. The van der Waals surface area contributed by atoms with Gasteiger partial charge in [-0.3, -0.25) is 14.5 Å². The molecule has 1 spiro atoms. The molecule has 2 amide bonds. The lowest BCUT2D eigenvalue weighted by molar-refractivity contribution is -0.153. The third kappa shape index (κ3) is 2.41. The van der Waals surface area contributed by atoms with E-state index in [1.54, 1.807) is 0 Å². The summed E-state index contributed by atoms with van der Waals surface area (Å²) in [6.07, 6.45) is 11.3. The van der Waals surface area contributed by atoms with E-state index >= 15 is 0 Å². The number of hydrogen-bond acceptors (Lipinski definition) is 3. The topological polar surface area (TPSA) is 57.6 Å². The molecule has 0 aromatic carbocycles. The molecule has 4 heteroatoms. The molecular weight excluding hydrogens is 266 g/mol. The van der Waals surface area contributed by atoms with Gasteiger partial charge in [-0.05, 0) is 25.7 Å². The third-order valence-electron chi connectivity index (χ3n) is 6.01. The summed E-state index contributed by atoms with van der Waals surface area (Å²) >= 11 is 0. The van der Waals surface area contributed by atoms with Gasteiger partial charge in [-0.25, -0.2) is 0 Å². The first-order valence-electron chi connectivity index (χ1n) is 8.62. The summed E-state index contributed by atoms with van der Waals surface area (Å²) in [7, 11) is 0. The van der Waals surface area contributed by atoms with E-state index in [0.717, 1.165) is 57.8 Å². The molecule has 4 nitrogen and oxygen atoms in total. The smallest absolute Gasteiger partial charge is 0.236 e. The molecule has 1 heterocycles. The molecule has 118 valence electrons. The summed E-state index contributed by atoms with van der Waals surface area (Å²) in [5, 5.41) is 9.93. The van der Waals surface area contributed by atoms with Crippen LogP contribution in [0.1, 0.15) is 77.0 Å². The van der Waals surface area contributed by atoms with Crippen LogP contribution in [0.5, 0.6) is 0 Å². The van der Waals surface area contributed by atoms with Gasteiger partial charge in [0.25, 0.3) is 0 Å². The molecule has 0 bridgehead atoms. The number of hydrogen-bond donors (Lipinski definition) is 1. The van der Waals surface area contributed by atoms with Gasteiger partial charge in [0.2, 0.25) is 11.8 Å². The molecule has 1 aliphatic heterocycles. The van der Waals surface area contributed by atoms with Crippen LogP contribution in [0.2, 0.25) is 0 Å². The molecular formula is C17H27NO3. The van der Waals surface area contributed by atoms with E-state index < -0.39 is 11.0 Å². The summed E-state index contributed by atoms with van der Waals surface area (Å²) in [6.45, 7) is -0.0689. The van der Waals surface area contributed by atoms with Crippen LogP contribution in [0.15, 0.2) is 0 Å². The zero-order valence-corrected chi connectivity index (χ0v) is 12.9. The number of likely N-dealkylation sites (tertiary alicyclic amines) is 1. The van der Waals surface area contributed by atoms with E-state index in [1.807, 2.05) is 0 Å². The Bertz CT molecular complexity index is 418. The SMILES string of the molecule is O=C1CC2(CCCCCC2)C(=O)N1C1(CO)CCCCC1. The van der Waals surface area contributed by atoms with Crippen LogP contribution in [0.25, 0.3) is 0 Å². The Labute approximate surface area is 126 Å². The fourth-order valence-electron chi connectivity index (χ4n) is 4.73. The van der Waals surface area contributed by atoms with Crippen molar-refractivity contribution in [2.24, 2.45) is 5.41 Å². The highest BCUT2D eigenvalue weighted by Crippen LogP contribution is 2.48. The molecule has 2 aliphatic carbocycles. The Morgan fingerprint density at radius 3 is 1.95 bits per heavy atom. The standard InChI is InChI=1S/C17H27NO3/c19-13-17(10-6-3-7-11-17)18-14(20)12-16(15(18)21)8-4-1-2-5-9-16/h19H,1-13H2. The van der Waals surface area contributed by atoms with Gasteiger partial charge < -0.3 is 5.11 Å². The zero-order valence-electron chi connectivity index (χ0n) is 12.9.